The zero-order valence-electron chi connectivity index (χ0n) is 11.3. The van der Waals surface area contributed by atoms with Gasteiger partial charge in [-0.2, -0.15) is 0 Å². The maximum absolute atomic E-state index is 12.2. The number of aliphatic hydroxyl groups excluding tert-OH is 1. The lowest BCUT2D eigenvalue weighted by atomic mass is 10.2. The number of likely N-dealkylation sites (N-methyl/N-ethyl adjacent to an activating group) is 1. The van der Waals surface area contributed by atoms with E-state index < -0.39 is 18.1 Å². The number of carbonyl (C=O) groups is 2. The van der Waals surface area contributed by atoms with Gasteiger partial charge in [0, 0.05) is 25.7 Å². The topological polar surface area (TPSA) is 81.1 Å². The zero-order chi connectivity index (χ0) is 14.7. The monoisotopic (exact) mass is 278 g/mol. The Morgan fingerprint density at radius 2 is 2.00 bits per heavy atom. The molecule has 6 heteroatoms. The van der Waals surface area contributed by atoms with Gasteiger partial charge in [0.25, 0.3) is 0 Å². The lowest BCUT2D eigenvalue weighted by Crippen LogP contribution is -2.43. The molecule has 0 bridgehead atoms. The zero-order valence-corrected chi connectivity index (χ0v) is 11.3. The van der Waals surface area contributed by atoms with Gasteiger partial charge in [-0.05, 0) is 12.1 Å². The van der Waals surface area contributed by atoms with Crippen LogP contribution in [0, 0.1) is 0 Å². The molecule has 2 rings (SSSR count). The van der Waals surface area contributed by atoms with Crippen LogP contribution in [0.3, 0.4) is 0 Å². The van der Waals surface area contributed by atoms with Crippen molar-refractivity contribution in [3.8, 4) is 0 Å². The molecule has 108 valence electrons. The largest absolute Gasteiger partial charge is 0.480 e. The number of likely N-dealkylation sites (tertiary alicyclic amines) is 1. The predicted octanol–water partition coefficient (Wildman–Crippen LogP) is 0.169. The smallest absolute Gasteiger partial charge is 0.321 e. The van der Waals surface area contributed by atoms with E-state index in [4.69, 9.17) is 5.11 Å². The first kappa shape index (κ1) is 14.5. The number of β-amino-alcohol motifs (C(OH)–C–C–N with tert-alkyl or cyclic N) is 1. The summed E-state index contributed by atoms with van der Waals surface area (Å²) >= 11 is 0. The lowest BCUT2D eigenvalue weighted by molar-refractivity contribution is -0.142. The van der Waals surface area contributed by atoms with Crippen LogP contribution in [0.5, 0.6) is 0 Å². The van der Waals surface area contributed by atoms with Crippen LogP contribution in [0.1, 0.15) is 6.42 Å². The number of carboxylic acid groups (broad SMARTS) is 1. The second-order valence-corrected chi connectivity index (χ2v) is 4.96. The van der Waals surface area contributed by atoms with E-state index >= 15 is 0 Å². The molecular formula is C14H18N2O4. The van der Waals surface area contributed by atoms with Crippen molar-refractivity contribution >= 4 is 17.6 Å². The summed E-state index contributed by atoms with van der Waals surface area (Å²) in [4.78, 5) is 26.3. The maximum Gasteiger partial charge on any atom is 0.321 e. The van der Waals surface area contributed by atoms with Crippen molar-refractivity contribution in [1.29, 1.82) is 0 Å². The molecule has 2 atom stereocenters. The molecule has 0 radical (unpaired) electrons. The van der Waals surface area contributed by atoms with Crippen molar-refractivity contribution in [3.05, 3.63) is 30.3 Å². The van der Waals surface area contributed by atoms with Crippen molar-refractivity contribution in [2.75, 3.05) is 25.0 Å². The molecule has 1 fully saturated rings. The van der Waals surface area contributed by atoms with Crippen LogP contribution in [-0.4, -0.2) is 59.3 Å². The third-order valence-corrected chi connectivity index (χ3v) is 3.52. The van der Waals surface area contributed by atoms with E-state index in [1.54, 1.807) is 7.05 Å². The summed E-state index contributed by atoms with van der Waals surface area (Å²) in [5.41, 5.74) is 0.754. The van der Waals surface area contributed by atoms with Crippen LogP contribution in [0.15, 0.2) is 30.3 Å². The van der Waals surface area contributed by atoms with Crippen LogP contribution in [0.4, 0.5) is 5.69 Å². The Labute approximate surface area is 117 Å². The Kier molecular flexibility index (Phi) is 4.36. The number of nitrogens with zero attached hydrogens (tertiary/aromatic N) is 2. The molecule has 1 aliphatic rings. The van der Waals surface area contributed by atoms with E-state index in [1.165, 1.54) is 9.80 Å². The van der Waals surface area contributed by atoms with E-state index in [9.17, 15) is 14.7 Å². The van der Waals surface area contributed by atoms with E-state index in [1.807, 2.05) is 30.3 Å². The highest BCUT2D eigenvalue weighted by Crippen LogP contribution is 2.19. The van der Waals surface area contributed by atoms with Crippen molar-refractivity contribution in [3.63, 3.8) is 0 Å². The predicted molar refractivity (Wildman–Crippen MR) is 73.5 cm³/mol. The highest BCUT2D eigenvalue weighted by molar-refractivity contribution is 5.94. The summed E-state index contributed by atoms with van der Waals surface area (Å²) in [7, 11) is 1.65. The number of rotatable bonds is 4. The molecule has 1 aromatic carbocycles. The highest BCUT2D eigenvalue weighted by Gasteiger charge is 2.37. The Morgan fingerprint density at radius 1 is 1.35 bits per heavy atom. The van der Waals surface area contributed by atoms with Gasteiger partial charge in [0.1, 0.15) is 6.04 Å². The number of hydrogen-bond donors (Lipinski definition) is 2. The van der Waals surface area contributed by atoms with E-state index in [-0.39, 0.29) is 25.4 Å². The first-order chi connectivity index (χ1) is 9.49. The van der Waals surface area contributed by atoms with Crippen LogP contribution in [-0.2, 0) is 9.59 Å². The minimum atomic E-state index is -1.00. The standard InChI is InChI=1S/C14H18N2O4/c1-15(10-5-3-2-4-6-10)13(18)9-16-8-11(17)7-12(16)14(19)20/h2-6,11-12,17H,7-9H2,1H3,(H,19,20). The second-order valence-electron chi connectivity index (χ2n) is 4.96. The molecule has 1 saturated heterocycles. The molecule has 0 spiro atoms. The average molecular weight is 278 g/mol. The quantitative estimate of drug-likeness (QED) is 0.820. The summed E-state index contributed by atoms with van der Waals surface area (Å²) in [6, 6.07) is 8.35. The summed E-state index contributed by atoms with van der Waals surface area (Å²) in [5, 5.41) is 18.6. The van der Waals surface area contributed by atoms with Gasteiger partial charge in [-0.25, -0.2) is 0 Å². The van der Waals surface area contributed by atoms with Crippen molar-refractivity contribution in [2.45, 2.75) is 18.6 Å². The second kappa shape index (κ2) is 6.02. The van der Waals surface area contributed by atoms with Crippen molar-refractivity contribution in [2.24, 2.45) is 0 Å². The minimum absolute atomic E-state index is 0.0145. The molecule has 0 saturated carbocycles. The van der Waals surface area contributed by atoms with Crippen LogP contribution >= 0.6 is 0 Å². The lowest BCUT2D eigenvalue weighted by Gasteiger charge is -2.24. The van der Waals surface area contributed by atoms with Crippen LogP contribution in [0.25, 0.3) is 0 Å². The first-order valence-corrected chi connectivity index (χ1v) is 6.45. The Bertz CT molecular complexity index is 491. The number of hydrogen-bond acceptors (Lipinski definition) is 4. The van der Waals surface area contributed by atoms with Crippen LogP contribution < -0.4 is 4.90 Å². The normalized spacial score (nSPS) is 22.7. The number of amides is 1. The van der Waals surface area contributed by atoms with Crippen LogP contribution in [0.2, 0.25) is 0 Å². The number of carboxylic acids is 1. The molecule has 2 unspecified atom stereocenters. The molecule has 1 amide bonds. The first-order valence-electron chi connectivity index (χ1n) is 6.45. The number of aliphatic hydroxyl groups is 1. The SMILES string of the molecule is CN(C(=O)CN1CC(O)CC1C(=O)O)c1ccccc1. The molecule has 0 aromatic heterocycles. The Balaban J connectivity index is 2.02. The third kappa shape index (κ3) is 3.15. The fourth-order valence-corrected chi connectivity index (χ4v) is 2.39. The van der Waals surface area contributed by atoms with E-state index in [2.05, 4.69) is 0 Å². The number of carbonyl (C=O) groups excluding carboxylic acids is 1. The summed E-state index contributed by atoms with van der Waals surface area (Å²) in [6.07, 6.45) is -0.525. The van der Waals surface area contributed by atoms with Gasteiger partial charge < -0.3 is 15.1 Å². The summed E-state index contributed by atoms with van der Waals surface area (Å²) in [5.74, 6) is -1.20. The summed E-state index contributed by atoms with van der Waals surface area (Å²) in [6.45, 7) is 0.199. The molecule has 1 heterocycles. The highest BCUT2D eigenvalue weighted by atomic mass is 16.4. The molecule has 20 heavy (non-hydrogen) atoms. The fourth-order valence-electron chi connectivity index (χ4n) is 2.39. The van der Waals surface area contributed by atoms with E-state index in [0.717, 1.165) is 5.69 Å². The number of anilines is 1. The van der Waals surface area contributed by atoms with Gasteiger partial charge in [-0.1, -0.05) is 18.2 Å². The molecule has 1 aromatic rings. The van der Waals surface area contributed by atoms with Gasteiger partial charge in [-0.15, -0.1) is 0 Å². The van der Waals surface area contributed by atoms with Gasteiger partial charge >= 0.3 is 5.97 Å². The fraction of sp³-hybridized carbons (Fsp3) is 0.429. The Hall–Kier alpha value is -1.92. The molecule has 0 aliphatic carbocycles. The number of aliphatic carboxylic acids is 1. The van der Waals surface area contributed by atoms with Gasteiger partial charge in [0.05, 0.1) is 12.6 Å². The maximum atomic E-state index is 12.2. The van der Waals surface area contributed by atoms with Gasteiger partial charge in [-0.3, -0.25) is 14.5 Å². The van der Waals surface area contributed by atoms with E-state index in [0.29, 0.717) is 0 Å². The molecular weight excluding hydrogens is 260 g/mol. The molecule has 1 aliphatic heterocycles. The molecule has 2 N–H and O–H groups in total. The Morgan fingerprint density at radius 3 is 2.60 bits per heavy atom. The molecule has 6 nitrogen and oxygen atoms in total. The summed E-state index contributed by atoms with van der Waals surface area (Å²) < 4.78 is 0. The third-order valence-electron chi connectivity index (χ3n) is 3.52. The number of benzene rings is 1. The van der Waals surface area contributed by atoms with Gasteiger partial charge in [0.15, 0.2) is 0 Å². The van der Waals surface area contributed by atoms with Crippen molar-refractivity contribution < 1.29 is 19.8 Å². The van der Waals surface area contributed by atoms with Gasteiger partial charge in [0.2, 0.25) is 5.91 Å². The van der Waals surface area contributed by atoms with Crippen molar-refractivity contribution in [1.82, 2.24) is 4.90 Å². The minimum Gasteiger partial charge on any atom is -0.480 e. The average Bonchev–Trinajstić information content (AvgIpc) is 2.80. The number of para-hydroxylation sites is 1.